The molecule has 20 heavy (non-hydrogen) atoms. The highest BCUT2D eigenvalue weighted by molar-refractivity contribution is 5.99. The van der Waals surface area contributed by atoms with Crippen LogP contribution in [0.3, 0.4) is 0 Å². The molecule has 0 radical (unpaired) electrons. The van der Waals surface area contributed by atoms with E-state index in [1.165, 1.54) is 0 Å². The van der Waals surface area contributed by atoms with Gasteiger partial charge in [0.1, 0.15) is 17.2 Å². The van der Waals surface area contributed by atoms with Gasteiger partial charge < -0.3 is 14.6 Å². The van der Waals surface area contributed by atoms with E-state index in [0.29, 0.717) is 11.3 Å². The minimum atomic E-state index is 0.136. The summed E-state index contributed by atoms with van der Waals surface area (Å²) < 4.78 is 11.3. The van der Waals surface area contributed by atoms with Crippen LogP contribution in [-0.2, 0) is 0 Å². The molecule has 0 saturated carbocycles. The van der Waals surface area contributed by atoms with Crippen molar-refractivity contribution in [3.05, 3.63) is 54.6 Å². The first-order chi connectivity index (χ1) is 9.84. The molecule has 0 unspecified atom stereocenters. The van der Waals surface area contributed by atoms with Crippen LogP contribution >= 0.6 is 0 Å². The van der Waals surface area contributed by atoms with E-state index in [4.69, 9.17) is 9.47 Å². The zero-order chi connectivity index (χ0) is 13.5. The number of phenolic OH excluding ortho intramolecular Hbond substituents is 1. The second kappa shape index (κ2) is 4.17. The zero-order valence-electron chi connectivity index (χ0n) is 10.7. The van der Waals surface area contributed by atoms with Gasteiger partial charge in [0.25, 0.3) is 0 Å². The van der Waals surface area contributed by atoms with Crippen LogP contribution in [0.25, 0.3) is 21.9 Å². The van der Waals surface area contributed by atoms with Crippen LogP contribution in [0.15, 0.2) is 54.6 Å². The van der Waals surface area contributed by atoms with Crippen molar-refractivity contribution in [3.63, 3.8) is 0 Å². The second-order valence-corrected chi connectivity index (χ2v) is 4.72. The molecule has 0 aliphatic carbocycles. The first-order valence-corrected chi connectivity index (χ1v) is 6.44. The van der Waals surface area contributed by atoms with Crippen LogP contribution in [0.2, 0.25) is 0 Å². The first kappa shape index (κ1) is 11.2. The number of benzene rings is 3. The molecule has 0 spiro atoms. The standard InChI is InChI=1S/C17H12O3/c18-14-9-11-5-1-2-6-12(11)17-16(14)13-7-3-4-8-15(13)19-10-20-17/h1-9,18H,10H2. The van der Waals surface area contributed by atoms with Crippen LogP contribution in [0.4, 0.5) is 0 Å². The van der Waals surface area contributed by atoms with Gasteiger partial charge in [0.2, 0.25) is 6.79 Å². The Morgan fingerprint density at radius 1 is 0.900 bits per heavy atom. The Kier molecular flexibility index (Phi) is 2.33. The maximum Gasteiger partial charge on any atom is 0.230 e. The summed E-state index contributed by atoms with van der Waals surface area (Å²) in [6, 6.07) is 17.2. The predicted molar refractivity (Wildman–Crippen MR) is 77.2 cm³/mol. The minimum Gasteiger partial charge on any atom is -0.507 e. The molecular weight excluding hydrogens is 252 g/mol. The third-order valence-corrected chi connectivity index (χ3v) is 3.55. The number of hydrogen-bond donors (Lipinski definition) is 1. The molecule has 0 fully saturated rings. The Morgan fingerprint density at radius 3 is 2.65 bits per heavy atom. The van der Waals surface area contributed by atoms with Crippen LogP contribution < -0.4 is 9.47 Å². The highest BCUT2D eigenvalue weighted by Gasteiger charge is 2.22. The number of aromatic hydroxyl groups is 1. The van der Waals surface area contributed by atoms with Crippen LogP contribution in [0.1, 0.15) is 0 Å². The predicted octanol–water partition coefficient (Wildman–Crippen LogP) is 3.94. The maximum absolute atomic E-state index is 10.4. The van der Waals surface area contributed by atoms with Crippen molar-refractivity contribution in [1.82, 2.24) is 0 Å². The number of para-hydroxylation sites is 1. The van der Waals surface area contributed by atoms with E-state index in [0.717, 1.165) is 22.1 Å². The molecule has 0 saturated heterocycles. The molecule has 0 atom stereocenters. The Bertz CT molecular complexity index is 808. The van der Waals surface area contributed by atoms with Gasteiger partial charge in [-0.1, -0.05) is 42.5 Å². The Morgan fingerprint density at radius 2 is 1.70 bits per heavy atom. The van der Waals surface area contributed by atoms with Gasteiger partial charge in [-0.15, -0.1) is 0 Å². The smallest absolute Gasteiger partial charge is 0.230 e. The summed E-state index contributed by atoms with van der Waals surface area (Å²) in [4.78, 5) is 0. The number of rotatable bonds is 0. The van der Waals surface area contributed by atoms with Crippen molar-refractivity contribution in [2.24, 2.45) is 0 Å². The monoisotopic (exact) mass is 264 g/mol. The lowest BCUT2D eigenvalue weighted by Crippen LogP contribution is -2.03. The fourth-order valence-electron chi connectivity index (χ4n) is 2.66. The number of phenols is 1. The topological polar surface area (TPSA) is 38.7 Å². The Hall–Kier alpha value is -2.68. The van der Waals surface area contributed by atoms with E-state index < -0.39 is 0 Å². The van der Waals surface area contributed by atoms with E-state index in [2.05, 4.69) is 0 Å². The van der Waals surface area contributed by atoms with Gasteiger partial charge in [-0.05, 0) is 17.5 Å². The van der Waals surface area contributed by atoms with E-state index in [9.17, 15) is 5.11 Å². The zero-order valence-corrected chi connectivity index (χ0v) is 10.7. The van der Waals surface area contributed by atoms with Crippen molar-refractivity contribution >= 4 is 10.8 Å². The largest absolute Gasteiger partial charge is 0.507 e. The molecule has 3 heteroatoms. The second-order valence-electron chi connectivity index (χ2n) is 4.72. The molecule has 3 aromatic carbocycles. The fraction of sp³-hybridized carbons (Fsp3) is 0.0588. The third-order valence-electron chi connectivity index (χ3n) is 3.55. The quantitative estimate of drug-likeness (QED) is 0.668. The van der Waals surface area contributed by atoms with Crippen LogP contribution in [0.5, 0.6) is 17.2 Å². The highest BCUT2D eigenvalue weighted by Crippen LogP contribution is 2.47. The minimum absolute atomic E-state index is 0.136. The molecular formula is C17H12O3. The lowest BCUT2D eigenvalue weighted by atomic mass is 9.98. The molecule has 0 bridgehead atoms. The van der Waals surface area contributed by atoms with Crippen molar-refractivity contribution < 1.29 is 14.6 Å². The average Bonchev–Trinajstić information content (AvgIpc) is 2.67. The lowest BCUT2D eigenvalue weighted by molar-refractivity contribution is 0.126. The number of ether oxygens (including phenoxy) is 2. The summed E-state index contributed by atoms with van der Waals surface area (Å²) in [5, 5.41) is 12.3. The Labute approximate surface area is 116 Å². The number of fused-ring (bicyclic) bond motifs is 5. The van der Waals surface area contributed by atoms with Gasteiger partial charge in [-0.2, -0.15) is 0 Å². The van der Waals surface area contributed by atoms with Crippen LogP contribution in [0, 0.1) is 0 Å². The van der Waals surface area contributed by atoms with Crippen molar-refractivity contribution in [3.8, 4) is 28.4 Å². The molecule has 0 aromatic heterocycles. The summed E-state index contributed by atoms with van der Waals surface area (Å²) in [5.74, 6) is 1.60. The summed E-state index contributed by atoms with van der Waals surface area (Å²) in [6.07, 6.45) is 0. The molecule has 4 rings (SSSR count). The molecule has 3 aromatic rings. The average molecular weight is 264 g/mol. The molecule has 98 valence electrons. The summed E-state index contributed by atoms with van der Waals surface area (Å²) in [6.45, 7) is 0.136. The van der Waals surface area contributed by atoms with Crippen molar-refractivity contribution in [1.29, 1.82) is 0 Å². The van der Waals surface area contributed by atoms with Crippen molar-refractivity contribution in [2.75, 3.05) is 6.79 Å². The molecule has 1 aliphatic heterocycles. The van der Waals surface area contributed by atoms with Gasteiger partial charge in [0.15, 0.2) is 0 Å². The third kappa shape index (κ3) is 1.53. The van der Waals surface area contributed by atoms with E-state index in [1.54, 1.807) is 6.07 Å². The lowest BCUT2D eigenvalue weighted by Gasteiger charge is -2.12. The highest BCUT2D eigenvalue weighted by atomic mass is 16.7. The number of hydrogen-bond acceptors (Lipinski definition) is 3. The van der Waals surface area contributed by atoms with E-state index in [-0.39, 0.29) is 12.5 Å². The molecule has 0 amide bonds. The summed E-state index contributed by atoms with van der Waals surface area (Å²) in [7, 11) is 0. The summed E-state index contributed by atoms with van der Waals surface area (Å²) >= 11 is 0. The SMILES string of the molecule is Oc1cc2ccccc2c2c1-c1ccccc1OCO2. The molecule has 1 aliphatic rings. The van der Waals surface area contributed by atoms with Gasteiger partial charge in [-0.3, -0.25) is 0 Å². The Balaban J connectivity index is 2.14. The fourth-order valence-corrected chi connectivity index (χ4v) is 2.66. The molecule has 1 N–H and O–H groups in total. The summed E-state index contributed by atoms with van der Waals surface area (Å²) in [5.41, 5.74) is 1.54. The molecule has 3 nitrogen and oxygen atoms in total. The van der Waals surface area contributed by atoms with Gasteiger partial charge in [-0.25, -0.2) is 0 Å². The maximum atomic E-state index is 10.4. The first-order valence-electron chi connectivity index (χ1n) is 6.44. The molecule has 1 heterocycles. The normalized spacial score (nSPS) is 12.8. The van der Waals surface area contributed by atoms with E-state index in [1.807, 2.05) is 48.5 Å². The van der Waals surface area contributed by atoms with E-state index >= 15 is 0 Å². The van der Waals surface area contributed by atoms with Gasteiger partial charge >= 0.3 is 0 Å². The van der Waals surface area contributed by atoms with Crippen molar-refractivity contribution in [2.45, 2.75) is 0 Å². The van der Waals surface area contributed by atoms with Gasteiger partial charge in [0.05, 0.1) is 5.56 Å². The van der Waals surface area contributed by atoms with Crippen LogP contribution in [-0.4, -0.2) is 11.9 Å². The van der Waals surface area contributed by atoms with Gasteiger partial charge in [0, 0.05) is 10.9 Å².